The van der Waals surface area contributed by atoms with Gasteiger partial charge in [-0.05, 0) is 43.0 Å². The predicted octanol–water partition coefficient (Wildman–Crippen LogP) is 4.53. The number of aryl methyl sites for hydroxylation is 1. The van der Waals surface area contributed by atoms with Gasteiger partial charge in [0.25, 0.3) is 5.56 Å². The maximum absolute atomic E-state index is 12.6. The summed E-state index contributed by atoms with van der Waals surface area (Å²) in [6.45, 7) is 6.51. The van der Waals surface area contributed by atoms with Crippen molar-refractivity contribution in [3.05, 3.63) is 75.7 Å². The highest BCUT2D eigenvalue weighted by atomic mass is 16.5. The first kappa shape index (κ1) is 22.3. The van der Waals surface area contributed by atoms with Gasteiger partial charge < -0.3 is 15.0 Å². The van der Waals surface area contributed by atoms with Crippen LogP contribution in [0.15, 0.2) is 53.3 Å². The molecule has 2 aromatic carbocycles. The van der Waals surface area contributed by atoms with Crippen LogP contribution in [0.4, 0.5) is 5.69 Å². The lowest BCUT2D eigenvalue weighted by atomic mass is 10.1. The molecule has 0 saturated heterocycles. The van der Waals surface area contributed by atoms with Crippen molar-refractivity contribution in [2.45, 2.75) is 46.5 Å². The number of hydrogen-bond donors (Lipinski definition) is 2. The third-order valence-corrected chi connectivity index (χ3v) is 4.98. The lowest BCUT2D eigenvalue weighted by Gasteiger charge is -2.14. The van der Waals surface area contributed by atoms with Crippen molar-refractivity contribution in [1.29, 1.82) is 0 Å². The molecule has 6 nitrogen and oxygen atoms in total. The van der Waals surface area contributed by atoms with Gasteiger partial charge in [0.1, 0.15) is 11.6 Å². The Hall–Kier alpha value is -3.41. The third-order valence-electron chi connectivity index (χ3n) is 4.98. The summed E-state index contributed by atoms with van der Waals surface area (Å²) in [7, 11) is 0. The minimum Gasteiger partial charge on any atom is -0.493 e. The molecule has 0 aliphatic carbocycles. The van der Waals surface area contributed by atoms with Crippen molar-refractivity contribution < 1.29 is 9.53 Å². The molecular weight excluding hydrogens is 390 g/mol. The fraction of sp³-hybridized carbons (Fsp3) is 0.320. The fourth-order valence-corrected chi connectivity index (χ4v) is 3.45. The van der Waals surface area contributed by atoms with Gasteiger partial charge in [-0.3, -0.25) is 9.59 Å². The van der Waals surface area contributed by atoms with E-state index < -0.39 is 0 Å². The maximum atomic E-state index is 12.6. The molecule has 31 heavy (non-hydrogen) atoms. The van der Waals surface area contributed by atoms with Crippen LogP contribution >= 0.6 is 0 Å². The van der Waals surface area contributed by atoms with Crippen LogP contribution in [0.2, 0.25) is 0 Å². The lowest BCUT2D eigenvalue weighted by molar-refractivity contribution is -0.115. The molecule has 0 aliphatic rings. The maximum Gasteiger partial charge on any atom is 0.254 e. The topological polar surface area (TPSA) is 84.1 Å². The van der Waals surface area contributed by atoms with Crippen LogP contribution in [-0.2, 0) is 24.1 Å². The average molecular weight is 420 g/mol. The molecule has 0 unspecified atom stereocenters. The molecule has 1 aromatic heterocycles. The van der Waals surface area contributed by atoms with Gasteiger partial charge in [0.2, 0.25) is 5.91 Å². The molecule has 0 aliphatic heterocycles. The largest absolute Gasteiger partial charge is 0.493 e. The minimum absolute atomic E-state index is 0.114. The number of nitrogens with one attached hydrogen (secondary N) is 2. The Bertz CT molecular complexity index is 1090. The molecular formula is C25H29N3O3. The normalized spacial score (nSPS) is 10.7. The number of rotatable bonds is 9. The van der Waals surface area contributed by atoms with Crippen molar-refractivity contribution >= 4 is 11.6 Å². The van der Waals surface area contributed by atoms with E-state index in [2.05, 4.69) is 10.3 Å². The van der Waals surface area contributed by atoms with E-state index in [9.17, 15) is 9.59 Å². The van der Waals surface area contributed by atoms with Crippen LogP contribution in [0, 0.1) is 0 Å². The van der Waals surface area contributed by atoms with Crippen LogP contribution < -0.4 is 15.6 Å². The second-order valence-electron chi connectivity index (χ2n) is 7.32. The highest BCUT2D eigenvalue weighted by molar-refractivity contribution is 5.93. The first-order valence-electron chi connectivity index (χ1n) is 10.8. The molecule has 6 heteroatoms. The summed E-state index contributed by atoms with van der Waals surface area (Å²) < 4.78 is 5.89. The molecule has 0 spiro atoms. The van der Waals surface area contributed by atoms with E-state index in [-0.39, 0.29) is 17.9 Å². The quantitative estimate of drug-likeness (QED) is 0.534. The molecule has 3 rings (SSSR count). The summed E-state index contributed by atoms with van der Waals surface area (Å²) in [6, 6.07) is 15.0. The van der Waals surface area contributed by atoms with Gasteiger partial charge >= 0.3 is 0 Å². The number of benzene rings is 2. The molecule has 1 heterocycles. The van der Waals surface area contributed by atoms with E-state index >= 15 is 0 Å². The van der Waals surface area contributed by atoms with E-state index in [1.807, 2.05) is 57.2 Å². The molecule has 0 fully saturated rings. The predicted molar refractivity (Wildman–Crippen MR) is 124 cm³/mol. The first-order valence-corrected chi connectivity index (χ1v) is 10.8. The van der Waals surface area contributed by atoms with Crippen molar-refractivity contribution in [2.24, 2.45) is 0 Å². The van der Waals surface area contributed by atoms with Gasteiger partial charge in [0.15, 0.2) is 0 Å². The Balaban J connectivity index is 1.95. The number of amides is 1. The number of aromatic nitrogens is 2. The molecule has 2 N–H and O–H groups in total. The minimum atomic E-state index is -0.135. The molecule has 1 amide bonds. The Labute approximate surface area is 182 Å². The Morgan fingerprint density at radius 2 is 1.84 bits per heavy atom. The van der Waals surface area contributed by atoms with Crippen molar-refractivity contribution in [1.82, 2.24) is 9.97 Å². The SMILES string of the molecule is CCCOc1ccc(NC(=O)Cc2ccccc2)cc1-c1nc(CC)c(CC)c(=O)[nH]1. The first-order chi connectivity index (χ1) is 15.0. The summed E-state index contributed by atoms with van der Waals surface area (Å²) in [5.74, 6) is 0.957. The number of anilines is 1. The number of H-pyrrole nitrogens is 1. The third kappa shape index (κ3) is 5.60. The second-order valence-corrected chi connectivity index (χ2v) is 7.32. The van der Waals surface area contributed by atoms with Gasteiger partial charge in [-0.25, -0.2) is 4.98 Å². The number of carbonyl (C=O) groups is 1. The van der Waals surface area contributed by atoms with Crippen molar-refractivity contribution in [3.8, 4) is 17.1 Å². The average Bonchev–Trinajstić information content (AvgIpc) is 2.78. The highest BCUT2D eigenvalue weighted by Gasteiger charge is 2.15. The Morgan fingerprint density at radius 3 is 2.52 bits per heavy atom. The lowest BCUT2D eigenvalue weighted by Crippen LogP contribution is -2.18. The van der Waals surface area contributed by atoms with Gasteiger partial charge in [-0.15, -0.1) is 0 Å². The zero-order valence-corrected chi connectivity index (χ0v) is 18.3. The highest BCUT2D eigenvalue weighted by Crippen LogP contribution is 2.31. The van der Waals surface area contributed by atoms with Crippen molar-refractivity contribution in [3.63, 3.8) is 0 Å². The van der Waals surface area contributed by atoms with E-state index in [0.717, 1.165) is 17.7 Å². The van der Waals surface area contributed by atoms with E-state index in [1.165, 1.54) is 0 Å². The molecule has 0 bridgehead atoms. The summed E-state index contributed by atoms with van der Waals surface area (Å²) in [6.07, 6.45) is 2.43. The van der Waals surface area contributed by atoms with Crippen LogP contribution in [0.3, 0.4) is 0 Å². The van der Waals surface area contributed by atoms with Crippen LogP contribution in [0.5, 0.6) is 5.75 Å². The van der Waals surface area contributed by atoms with Crippen LogP contribution in [0.1, 0.15) is 44.0 Å². The summed E-state index contributed by atoms with van der Waals surface area (Å²) in [5, 5.41) is 2.94. The monoisotopic (exact) mass is 419 g/mol. The van der Waals surface area contributed by atoms with E-state index in [0.29, 0.717) is 47.8 Å². The number of carbonyl (C=O) groups excluding carboxylic acids is 1. The summed E-state index contributed by atoms with van der Waals surface area (Å²) in [5.41, 5.74) is 3.57. The van der Waals surface area contributed by atoms with Crippen LogP contribution in [0.25, 0.3) is 11.4 Å². The van der Waals surface area contributed by atoms with Crippen molar-refractivity contribution in [2.75, 3.05) is 11.9 Å². The zero-order chi connectivity index (χ0) is 22.2. The zero-order valence-electron chi connectivity index (χ0n) is 18.3. The standard InChI is InChI=1S/C25H29N3O3/c1-4-14-31-22-13-12-18(26-23(29)15-17-10-8-7-9-11-17)16-20(22)24-27-21(6-3)19(5-2)25(30)28-24/h7-13,16H,4-6,14-15H2,1-3H3,(H,26,29)(H,27,28,30). The van der Waals surface area contributed by atoms with Gasteiger partial charge in [0.05, 0.1) is 24.3 Å². The van der Waals surface area contributed by atoms with Gasteiger partial charge in [-0.1, -0.05) is 51.1 Å². The fourth-order valence-electron chi connectivity index (χ4n) is 3.45. The second kappa shape index (κ2) is 10.6. The van der Waals surface area contributed by atoms with E-state index in [1.54, 1.807) is 12.1 Å². The molecule has 0 radical (unpaired) electrons. The molecule has 0 atom stereocenters. The number of nitrogens with zero attached hydrogens (tertiary/aromatic N) is 1. The summed E-state index contributed by atoms with van der Waals surface area (Å²) in [4.78, 5) is 32.7. The smallest absolute Gasteiger partial charge is 0.254 e. The van der Waals surface area contributed by atoms with Gasteiger partial charge in [0, 0.05) is 11.3 Å². The summed E-state index contributed by atoms with van der Waals surface area (Å²) >= 11 is 0. The van der Waals surface area contributed by atoms with Gasteiger partial charge in [-0.2, -0.15) is 0 Å². The molecule has 0 saturated carbocycles. The molecule has 162 valence electrons. The number of ether oxygens (including phenoxy) is 1. The Kier molecular flexibility index (Phi) is 7.60. The van der Waals surface area contributed by atoms with Crippen LogP contribution in [-0.4, -0.2) is 22.5 Å². The number of hydrogen-bond acceptors (Lipinski definition) is 4. The number of aromatic amines is 1. The van der Waals surface area contributed by atoms with E-state index in [4.69, 9.17) is 9.72 Å². The molecule has 3 aromatic rings. The Morgan fingerprint density at radius 1 is 1.06 bits per heavy atom.